The summed E-state index contributed by atoms with van der Waals surface area (Å²) in [6, 6.07) is 3.45. The molecule has 0 aliphatic rings. The van der Waals surface area contributed by atoms with Gasteiger partial charge in [-0.25, -0.2) is 4.98 Å². The van der Waals surface area contributed by atoms with Crippen molar-refractivity contribution in [1.29, 1.82) is 0 Å². The summed E-state index contributed by atoms with van der Waals surface area (Å²) >= 11 is 0. The highest BCUT2D eigenvalue weighted by Crippen LogP contribution is 2.38. The number of fused-ring (bicyclic) bond motifs is 1. The molecule has 0 aliphatic carbocycles. The number of nitrogens with two attached hydrogens (primary N) is 2. The summed E-state index contributed by atoms with van der Waals surface area (Å²) in [5.74, 6) is 0.289. The summed E-state index contributed by atoms with van der Waals surface area (Å²) < 4.78 is 1.79. The smallest absolute Gasteiger partial charge is 0.253 e. The van der Waals surface area contributed by atoms with E-state index in [-0.39, 0.29) is 11.3 Å². The Morgan fingerprint density at radius 2 is 1.96 bits per heavy atom. The van der Waals surface area contributed by atoms with Gasteiger partial charge < -0.3 is 21.0 Å². The van der Waals surface area contributed by atoms with Crippen molar-refractivity contribution in [2.75, 3.05) is 5.73 Å². The molecule has 1 amide bonds. The van der Waals surface area contributed by atoms with Crippen LogP contribution in [-0.4, -0.2) is 20.4 Å². The predicted molar refractivity (Wildman–Crippen MR) is 89.4 cm³/mol. The average molecular weight is 310 g/mol. The summed E-state index contributed by atoms with van der Waals surface area (Å²) in [5, 5.41) is 10.0. The highest BCUT2D eigenvalue weighted by Gasteiger charge is 2.21. The van der Waals surface area contributed by atoms with E-state index < -0.39 is 5.91 Å². The molecule has 3 aromatic rings. The summed E-state index contributed by atoms with van der Waals surface area (Å²) in [7, 11) is 0. The monoisotopic (exact) mass is 310 g/mol. The number of pyridine rings is 1. The minimum atomic E-state index is -0.607. The molecule has 6 heteroatoms. The third-order valence-corrected chi connectivity index (χ3v) is 4.22. The normalized spacial score (nSPS) is 11.1. The number of carbonyl (C=O) groups excluding carboxylic acids is 1. The molecule has 0 bridgehead atoms. The molecule has 5 N–H and O–H groups in total. The minimum absolute atomic E-state index is 0.174. The van der Waals surface area contributed by atoms with E-state index in [4.69, 9.17) is 11.5 Å². The molecule has 0 saturated heterocycles. The van der Waals surface area contributed by atoms with Crippen LogP contribution in [0.1, 0.15) is 27.3 Å². The first-order chi connectivity index (χ1) is 10.8. The number of anilines is 1. The van der Waals surface area contributed by atoms with E-state index in [0.29, 0.717) is 22.3 Å². The number of amides is 1. The molecule has 0 saturated carbocycles. The third kappa shape index (κ3) is 2.11. The molecule has 118 valence electrons. The maximum absolute atomic E-state index is 11.9. The number of rotatable bonds is 2. The summed E-state index contributed by atoms with van der Waals surface area (Å²) in [6.07, 6.45) is 3.41. The zero-order chi connectivity index (χ0) is 16.9. The van der Waals surface area contributed by atoms with Crippen molar-refractivity contribution in [3.05, 3.63) is 47.0 Å². The van der Waals surface area contributed by atoms with Gasteiger partial charge in [-0.2, -0.15) is 0 Å². The Hall–Kier alpha value is -3.02. The van der Waals surface area contributed by atoms with Gasteiger partial charge in [0.15, 0.2) is 0 Å². The number of benzene rings is 1. The summed E-state index contributed by atoms with van der Waals surface area (Å²) in [5.41, 5.74) is 16.0. The van der Waals surface area contributed by atoms with Crippen LogP contribution in [0.3, 0.4) is 0 Å². The van der Waals surface area contributed by atoms with E-state index in [2.05, 4.69) is 4.98 Å². The lowest BCUT2D eigenvalue weighted by atomic mass is 9.93. The number of phenolic OH excluding ortho intramolecular Hbond substituents is 1. The van der Waals surface area contributed by atoms with Gasteiger partial charge in [-0.15, -0.1) is 0 Å². The van der Waals surface area contributed by atoms with Gasteiger partial charge in [0.2, 0.25) is 0 Å². The molecule has 0 spiro atoms. The lowest BCUT2D eigenvalue weighted by molar-refractivity contribution is 0.100. The SMILES string of the molecule is Cc1ccc(O)c(C)c1-c1cn2c(C)ncc2c(C(N)=O)c1N. The summed E-state index contributed by atoms with van der Waals surface area (Å²) in [6.45, 7) is 5.57. The Morgan fingerprint density at radius 3 is 2.61 bits per heavy atom. The number of phenols is 1. The molecular weight excluding hydrogens is 292 g/mol. The standard InChI is InChI=1S/C17H18N4O2/c1-8-4-5-13(22)9(2)14(8)11-7-21-10(3)20-6-12(21)15(16(11)18)17(19)23/h4-7,22H,18H2,1-3H3,(H2,19,23). The fourth-order valence-corrected chi connectivity index (χ4v) is 2.98. The number of primary amides is 1. The van der Waals surface area contributed by atoms with Crippen molar-refractivity contribution in [3.63, 3.8) is 0 Å². The summed E-state index contributed by atoms with van der Waals surface area (Å²) in [4.78, 5) is 16.1. The van der Waals surface area contributed by atoms with Gasteiger partial charge in [0.25, 0.3) is 5.91 Å². The largest absolute Gasteiger partial charge is 0.508 e. The number of nitrogens with zero attached hydrogens (tertiary/aromatic N) is 2. The van der Waals surface area contributed by atoms with Crippen LogP contribution in [0.5, 0.6) is 5.75 Å². The van der Waals surface area contributed by atoms with Crippen LogP contribution in [0.15, 0.2) is 24.5 Å². The van der Waals surface area contributed by atoms with Gasteiger partial charge >= 0.3 is 0 Å². The first-order valence-electron chi connectivity index (χ1n) is 7.18. The van der Waals surface area contributed by atoms with Crippen LogP contribution in [0.4, 0.5) is 5.69 Å². The average Bonchev–Trinajstić information content (AvgIpc) is 2.84. The van der Waals surface area contributed by atoms with E-state index in [1.54, 1.807) is 16.7 Å². The Labute approximate surface area is 133 Å². The van der Waals surface area contributed by atoms with Gasteiger partial charge in [0.1, 0.15) is 11.6 Å². The van der Waals surface area contributed by atoms with Gasteiger partial charge in [-0.05, 0) is 43.5 Å². The fraction of sp³-hybridized carbons (Fsp3) is 0.176. The van der Waals surface area contributed by atoms with Crippen molar-refractivity contribution in [3.8, 4) is 16.9 Å². The Kier molecular flexibility index (Phi) is 3.25. The van der Waals surface area contributed by atoms with Crippen molar-refractivity contribution < 1.29 is 9.90 Å². The molecule has 1 aromatic carbocycles. The van der Waals surface area contributed by atoms with Crippen LogP contribution < -0.4 is 11.5 Å². The zero-order valence-electron chi connectivity index (χ0n) is 13.2. The molecule has 0 fully saturated rings. The first kappa shape index (κ1) is 14.9. The second-order valence-electron chi connectivity index (χ2n) is 5.66. The van der Waals surface area contributed by atoms with Crippen LogP contribution in [0.2, 0.25) is 0 Å². The first-order valence-corrected chi connectivity index (χ1v) is 7.18. The van der Waals surface area contributed by atoms with Crippen molar-refractivity contribution >= 4 is 17.1 Å². The molecular formula is C17H18N4O2. The highest BCUT2D eigenvalue weighted by atomic mass is 16.3. The maximum Gasteiger partial charge on any atom is 0.253 e. The molecule has 0 radical (unpaired) electrons. The molecule has 0 aliphatic heterocycles. The van der Waals surface area contributed by atoms with Crippen LogP contribution >= 0.6 is 0 Å². The van der Waals surface area contributed by atoms with E-state index >= 15 is 0 Å². The fourth-order valence-electron chi connectivity index (χ4n) is 2.98. The Bertz CT molecular complexity index is 957. The van der Waals surface area contributed by atoms with Crippen LogP contribution in [0.25, 0.3) is 16.6 Å². The zero-order valence-corrected chi connectivity index (χ0v) is 13.2. The van der Waals surface area contributed by atoms with Crippen molar-refractivity contribution in [2.45, 2.75) is 20.8 Å². The minimum Gasteiger partial charge on any atom is -0.508 e. The van der Waals surface area contributed by atoms with E-state index in [9.17, 15) is 9.90 Å². The molecule has 3 rings (SSSR count). The van der Waals surface area contributed by atoms with Crippen LogP contribution in [0, 0.1) is 20.8 Å². The predicted octanol–water partition coefficient (Wildman–Crippen LogP) is 2.31. The van der Waals surface area contributed by atoms with Crippen molar-refractivity contribution in [1.82, 2.24) is 9.38 Å². The second kappa shape index (κ2) is 5.01. The van der Waals surface area contributed by atoms with Gasteiger partial charge in [0.05, 0.1) is 23.0 Å². The van der Waals surface area contributed by atoms with Gasteiger partial charge in [0, 0.05) is 11.8 Å². The number of hydrogen-bond donors (Lipinski definition) is 3. The number of aromatic nitrogens is 2. The number of aryl methyl sites for hydroxylation is 2. The third-order valence-electron chi connectivity index (χ3n) is 4.22. The van der Waals surface area contributed by atoms with Gasteiger partial charge in [-0.1, -0.05) is 6.07 Å². The van der Waals surface area contributed by atoms with E-state index in [0.717, 1.165) is 17.0 Å². The number of imidazole rings is 1. The lowest BCUT2D eigenvalue weighted by Crippen LogP contribution is -2.16. The molecule has 2 aromatic heterocycles. The molecule has 0 unspecified atom stereocenters. The quantitative estimate of drug-likeness (QED) is 0.675. The molecule has 0 atom stereocenters. The molecule has 2 heterocycles. The van der Waals surface area contributed by atoms with Crippen molar-refractivity contribution in [2.24, 2.45) is 5.73 Å². The Balaban J connectivity index is 2.49. The Morgan fingerprint density at radius 1 is 1.26 bits per heavy atom. The molecule has 23 heavy (non-hydrogen) atoms. The number of carbonyl (C=O) groups is 1. The van der Waals surface area contributed by atoms with Crippen LogP contribution in [-0.2, 0) is 0 Å². The lowest BCUT2D eigenvalue weighted by Gasteiger charge is -2.17. The second-order valence-corrected chi connectivity index (χ2v) is 5.66. The van der Waals surface area contributed by atoms with E-state index in [1.165, 1.54) is 0 Å². The topological polar surface area (TPSA) is 107 Å². The van der Waals surface area contributed by atoms with Gasteiger partial charge in [-0.3, -0.25) is 4.79 Å². The number of aromatic hydroxyl groups is 1. The number of hydrogen-bond acceptors (Lipinski definition) is 4. The maximum atomic E-state index is 11.9. The number of nitrogen functional groups attached to an aromatic ring is 1. The highest BCUT2D eigenvalue weighted by molar-refractivity contribution is 6.08. The van der Waals surface area contributed by atoms with E-state index in [1.807, 2.05) is 33.0 Å². The molecule has 6 nitrogen and oxygen atoms in total.